The Morgan fingerprint density at radius 3 is 2.44 bits per heavy atom. The third-order valence-corrected chi connectivity index (χ3v) is 6.42. The van der Waals surface area contributed by atoms with E-state index in [1.807, 2.05) is 52.2 Å². The van der Waals surface area contributed by atoms with Crippen LogP contribution in [0.4, 0.5) is 0 Å². The Morgan fingerprint density at radius 2 is 1.85 bits per heavy atom. The summed E-state index contributed by atoms with van der Waals surface area (Å²) in [6, 6.07) is 6.37. The van der Waals surface area contributed by atoms with Crippen molar-refractivity contribution in [3.05, 3.63) is 71.5 Å². The first kappa shape index (κ1) is 25.2. The number of benzene rings is 1. The molecule has 1 saturated carbocycles. The first-order chi connectivity index (χ1) is 16.1. The van der Waals surface area contributed by atoms with E-state index in [0.717, 1.165) is 40.9 Å². The molecule has 178 valence electrons. The first-order valence-electron chi connectivity index (χ1n) is 11.7. The maximum atomic E-state index is 13.2. The van der Waals surface area contributed by atoms with E-state index in [0.29, 0.717) is 11.1 Å². The molecule has 34 heavy (non-hydrogen) atoms. The standard InChI is InChI=1S/C28H34N4O2/c1-18(14-29-15-20(3)27(34)32-24-8-7-9-24)12-26(33)28(5,6)25-11-10-22(13-19(25)2)23-16-30-21(4)31-17-23/h10-11,13-17,24H,1,7-9,12H2,2-6H3,(H,32,34)/b20-15+,29-14-. The van der Waals surface area contributed by atoms with Crippen LogP contribution in [0.5, 0.6) is 0 Å². The van der Waals surface area contributed by atoms with Gasteiger partial charge in [0.2, 0.25) is 5.91 Å². The SMILES string of the molecule is C=C(/C=N\C=C(/C)C(=O)NC1CCC1)CC(=O)C(C)(C)c1ccc(-c2cnc(C)nc2)cc1C. The molecule has 0 radical (unpaired) electrons. The first-order valence-corrected chi connectivity index (χ1v) is 11.7. The second-order valence-corrected chi connectivity index (χ2v) is 9.62. The summed E-state index contributed by atoms with van der Waals surface area (Å²) >= 11 is 0. The van der Waals surface area contributed by atoms with Gasteiger partial charge in [-0.1, -0.05) is 24.8 Å². The van der Waals surface area contributed by atoms with Crippen LogP contribution >= 0.6 is 0 Å². The predicted molar refractivity (Wildman–Crippen MR) is 137 cm³/mol. The Labute approximate surface area is 202 Å². The molecule has 1 aromatic heterocycles. The summed E-state index contributed by atoms with van der Waals surface area (Å²) in [5.41, 5.74) is 4.43. The number of nitrogens with one attached hydrogen (secondary N) is 1. The Hall–Kier alpha value is -3.41. The number of carbonyl (C=O) groups excluding carboxylic acids is 2. The molecule has 1 N–H and O–H groups in total. The van der Waals surface area contributed by atoms with Gasteiger partial charge in [-0.3, -0.25) is 14.6 Å². The van der Waals surface area contributed by atoms with Crippen LogP contribution < -0.4 is 5.32 Å². The van der Waals surface area contributed by atoms with Gasteiger partial charge >= 0.3 is 0 Å². The van der Waals surface area contributed by atoms with Crippen molar-refractivity contribution in [3.8, 4) is 11.1 Å². The van der Waals surface area contributed by atoms with Gasteiger partial charge in [0.25, 0.3) is 0 Å². The molecule has 2 aromatic rings. The zero-order chi connectivity index (χ0) is 24.9. The minimum atomic E-state index is -0.683. The van der Waals surface area contributed by atoms with E-state index in [1.165, 1.54) is 12.6 Å². The molecule has 0 atom stereocenters. The minimum absolute atomic E-state index is 0.0573. The lowest BCUT2D eigenvalue weighted by Gasteiger charge is -2.26. The van der Waals surface area contributed by atoms with Crippen molar-refractivity contribution >= 4 is 17.9 Å². The Bertz CT molecular complexity index is 1140. The van der Waals surface area contributed by atoms with Gasteiger partial charge in [0, 0.05) is 53.8 Å². The van der Waals surface area contributed by atoms with Crippen LogP contribution in [0.2, 0.25) is 0 Å². The molecular formula is C28H34N4O2. The van der Waals surface area contributed by atoms with Gasteiger partial charge in [0.05, 0.1) is 0 Å². The lowest BCUT2D eigenvalue weighted by atomic mass is 9.76. The Morgan fingerprint density at radius 1 is 1.18 bits per heavy atom. The number of rotatable bonds is 9. The van der Waals surface area contributed by atoms with E-state index in [2.05, 4.69) is 32.9 Å². The second kappa shape index (κ2) is 10.7. The molecule has 0 spiro atoms. The number of hydrogen-bond acceptors (Lipinski definition) is 5. The van der Waals surface area contributed by atoms with E-state index in [-0.39, 0.29) is 24.2 Å². The molecule has 0 unspecified atom stereocenters. The van der Waals surface area contributed by atoms with Crippen molar-refractivity contribution in [1.29, 1.82) is 0 Å². The number of amides is 1. The van der Waals surface area contributed by atoms with Crippen LogP contribution in [0.3, 0.4) is 0 Å². The summed E-state index contributed by atoms with van der Waals surface area (Å²) in [5.74, 6) is 0.692. The van der Waals surface area contributed by atoms with E-state index in [4.69, 9.17) is 0 Å². The topological polar surface area (TPSA) is 84.3 Å². The van der Waals surface area contributed by atoms with Crippen molar-refractivity contribution < 1.29 is 9.59 Å². The fourth-order valence-electron chi connectivity index (χ4n) is 3.87. The van der Waals surface area contributed by atoms with Crippen LogP contribution in [0, 0.1) is 13.8 Å². The smallest absolute Gasteiger partial charge is 0.248 e. The number of aryl methyl sites for hydroxylation is 2. The molecule has 1 heterocycles. The number of aliphatic imine (C=N–C) groups is 1. The van der Waals surface area contributed by atoms with Crippen LogP contribution in [0.25, 0.3) is 11.1 Å². The van der Waals surface area contributed by atoms with Crippen LogP contribution in [0.15, 0.2) is 59.5 Å². The van der Waals surface area contributed by atoms with Gasteiger partial charge in [-0.15, -0.1) is 0 Å². The van der Waals surface area contributed by atoms with Crippen LogP contribution in [0.1, 0.15) is 63.4 Å². The molecule has 6 nitrogen and oxygen atoms in total. The Kier molecular flexibility index (Phi) is 7.92. The fourth-order valence-corrected chi connectivity index (χ4v) is 3.87. The fraction of sp³-hybridized carbons (Fsp3) is 0.393. The molecular weight excluding hydrogens is 424 g/mol. The summed E-state index contributed by atoms with van der Waals surface area (Å²) in [5, 5.41) is 2.98. The number of nitrogens with zero attached hydrogens (tertiary/aromatic N) is 3. The second-order valence-electron chi connectivity index (χ2n) is 9.62. The van der Waals surface area contributed by atoms with Crippen molar-refractivity contribution in [3.63, 3.8) is 0 Å². The number of aromatic nitrogens is 2. The minimum Gasteiger partial charge on any atom is -0.350 e. The van der Waals surface area contributed by atoms with Crippen molar-refractivity contribution in [2.45, 2.75) is 71.8 Å². The normalized spacial score (nSPS) is 14.7. The molecule has 1 aromatic carbocycles. The van der Waals surface area contributed by atoms with E-state index >= 15 is 0 Å². The highest BCUT2D eigenvalue weighted by molar-refractivity contribution is 5.97. The molecule has 1 fully saturated rings. The summed E-state index contributed by atoms with van der Waals surface area (Å²) < 4.78 is 0. The highest BCUT2D eigenvalue weighted by atomic mass is 16.1. The van der Waals surface area contributed by atoms with E-state index in [1.54, 1.807) is 13.1 Å². The van der Waals surface area contributed by atoms with Crippen molar-refractivity contribution in [2.75, 3.05) is 0 Å². The van der Waals surface area contributed by atoms with Gasteiger partial charge in [0.15, 0.2) is 0 Å². The maximum absolute atomic E-state index is 13.2. The molecule has 0 aliphatic heterocycles. The molecule has 1 amide bonds. The van der Waals surface area contributed by atoms with Gasteiger partial charge in [-0.2, -0.15) is 0 Å². The van der Waals surface area contributed by atoms with Gasteiger partial charge in [0.1, 0.15) is 11.6 Å². The van der Waals surface area contributed by atoms with Crippen molar-refractivity contribution in [2.24, 2.45) is 4.99 Å². The van der Waals surface area contributed by atoms with Gasteiger partial charge < -0.3 is 5.32 Å². The summed E-state index contributed by atoms with van der Waals surface area (Å²) in [6.07, 6.45) is 10.1. The summed E-state index contributed by atoms with van der Waals surface area (Å²) in [7, 11) is 0. The number of ketones is 1. The molecule has 6 heteroatoms. The average molecular weight is 459 g/mol. The average Bonchev–Trinajstić information content (AvgIpc) is 2.76. The lowest BCUT2D eigenvalue weighted by molar-refractivity contribution is -0.122. The lowest BCUT2D eigenvalue weighted by Crippen LogP contribution is -2.39. The third kappa shape index (κ3) is 6.13. The molecule has 3 rings (SSSR count). The molecule has 0 bridgehead atoms. The number of carbonyl (C=O) groups is 2. The monoisotopic (exact) mass is 458 g/mol. The molecule has 0 saturated heterocycles. The molecule has 1 aliphatic rings. The van der Waals surface area contributed by atoms with E-state index < -0.39 is 5.41 Å². The number of hydrogen-bond donors (Lipinski definition) is 1. The molecule has 1 aliphatic carbocycles. The third-order valence-electron chi connectivity index (χ3n) is 6.42. The van der Waals surface area contributed by atoms with E-state index in [9.17, 15) is 9.59 Å². The predicted octanol–water partition coefficient (Wildman–Crippen LogP) is 5.20. The van der Waals surface area contributed by atoms with Crippen LogP contribution in [-0.2, 0) is 15.0 Å². The number of Topliss-reactive ketones (excluding diaryl/α,β-unsaturated/α-hetero) is 1. The van der Waals surface area contributed by atoms with Gasteiger partial charge in [-0.05, 0) is 76.1 Å². The summed E-state index contributed by atoms with van der Waals surface area (Å²) in [6.45, 7) is 13.5. The van der Waals surface area contributed by atoms with Crippen LogP contribution in [-0.4, -0.2) is 33.9 Å². The zero-order valence-corrected chi connectivity index (χ0v) is 20.8. The van der Waals surface area contributed by atoms with Crippen molar-refractivity contribution in [1.82, 2.24) is 15.3 Å². The highest BCUT2D eigenvalue weighted by Gasteiger charge is 2.31. The maximum Gasteiger partial charge on any atom is 0.248 e. The Balaban J connectivity index is 1.63. The zero-order valence-electron chi connectivity index (χ0n) is 20.8. The quantitative estimate of drug-likeness (QED) is 0.414. The summed E-state index contributed by atoms with van der Waals surface area (Å²) in [4.78, 5) is 38.0. The largest absolute Gasteiger partial charge is 0.350 e. The van der Waals surface area contributed by atoms with Gasteiger partial charge in [-0.25, -0.2) is 9.97 Å². The highest BCUT2D eigenvalue weighted by Crippen LogP contribution is 2.32. The number of allylic oxidation sites excluding steroid dienone is 1.